The standard InChI is InChI=1S/C23H23N3O6S/c1-29-18-11-15(12-19(30-2)20(18)31-3)22(28)26-23(33)25-16-7-4-6-14(10-16)21(27)24-13-17-8-5-9-32-17/h4-12H,13H2,1-3H3,(H,24,27)(H2,25,26,28,33). The van der Waals surface area contributed by atoms with Gasteiger partial charge >= 0.3 is 0 Å². The topological polar surface area (TPSA) is 111 Å². The number of nitrogens with one attached hydrogen (secondary N) is 3. The molecular formula is C23H23N3O6S. The Morgan fingerprint density at radius 3 is 2.24 bits per heavy atom. The van der Waals surface area contributed by atoms with Crippen molar-refractivity contribution in [1.29, 1.82) is 0 Å². The van der Waals surface area contributed by atoms with Crippen molar-refractivity contribution < 1.29 is 28.2 Å². The Bertz CT molecular complexity index is 1120. The lowest BCUT2D eigenvalue weighted by molar-refractivity contribution is 0.0946. The molecule has 0 aliphatic carbocycles. The molecule has 9 nitrogen and oxygen atoms in total. The quantitative estimate of drug-likeness (QED) is 0.431. The van der Waals surface area contributed by atoms with Crippen molar-refractivity contribution >= 4 is 34.8 Å². The minimum atomic E-state index is -0.473. The molecule has 2 amide bonds. The second kappa shape index (κ2) is 11.0. The number of anilines is 1. The molecule has 0 fully saturated rings. The van der Waals surface area contributed by atoms with Gasteiger partial charge in [-0.1, -0.05) is 6.07 Å². The van der Waals surface area contributed by atoms with E-state index in [1.807, 2.05) is 0 Å². The first kappa shape index (κ1) is 23.6. The molecule has 1 heterocycles. The normalized spacial score (nSPS) is 10.2. The SMILES string of the molecule is COc1cc(C(=O)NC(=S)Nc2cccc(C(=O)NCc3ccco3)c2)cc(OC)c1OC. The highest BCUT2D eigenvalue weighted by Gasteiger charge is 2.18. The molecule has 0 atom stereocenters. The van der Waals surface area contributed by atoms with Crippen molar-refractivity contribution in [2.24, 2.45) is 0 Å². The zero-order valence-electron chi connectivity index (χ0n) is 18.3. The minimum absolute atomic E-state index is 0.0573. The van der Waals surface area contributed by atoms with Gasteiger partial charge in [0.15, 0.2) is 16.6 Å². The van der Waals surface area contributed by atoms with Crippen molar-refractivity contribution in [3.8, 4) is 17.2 Å². The number of methoxy groups -OCH3 is 3. The summed E-state index contributed by atoms with van der Waals surface area (Å²) in [7, 11) is 4.40. The lowest BCUT2D eigenvalue weighted by atomic mass is 10.1. The third-order valence-electron chi connectivity index (χ3n) is 4.54. The molecule has 3 aromatic rings. The summed E-state index contributed by atoms with van der Waals surface area (Å²) < 4.78 is 21.0. The van der Waals surface area contributed by atoms with Gasteiger partial charge in [0.2, 0.25) is 5.75 Å². The highest BCUT2D eigenvalue weighted by Crippen LogP contribution is 2.38. The van der Waals surface area contributed by atoms with Crippen molar-refractivity contribution in [2.75, 3.05) is 26.6 Å². The van der Waals surface area contributed by atoms with Crippen LogP contribution in [0.4, 0.5) is 5.69 Å². The van der Waals surface area contributed by atoms with E-state index < -0.39 is 5.91 Å². The lowest BCUT2D eigenvalue weighted by Crippen LogP contribution is -2.34. The van der Waals surface area contributed by atoms with Crippen LogP contribution in [-0.2, 0) is 6.54 Å². The highest BCUT2D eigenvalue weighted by atomic mass is 32.1. The molecule has 0 spiro atoms. The van der Waals surface area contributed by atoms with Gasteiger partial charge in [0, 0.05) is 16.8 Å². The van der Waals surface area contributed by atoms with Gasteiger partial charge in [0.25, 0.3) is 11.8 Å². The number of carbonyl (C=O) groups excluding carboxylic acids is 2. The average molecular weight is 470 g/mol. The van der Waals surface area contributed by atoms with Gasteiger partial charge in [-0.2, -0.15) is 0 Å². The third kappa shape index (κ3) is 6.01. The van der Waals surface area contributed by atoms with Crippen LogP contribution < -0.4 is 30.2 Å². The highest BCUT2D eigenvalue weighted by molar-refractivity contribution is 7.80. The van der Waals surface area contributed by atoms with Gasteiger partial charge in [0.1, 0.15) is 5.76 Å². The van der Waals surface area contributed by atoms with Crippen LogP contribution in [0.3, 0.4) is 0 Å². The first-order valence-corrected chi connectivity index (χ1v) is 10.2. The summed E-state index contributed by atoms with van der Waals surface area (Å²) in [5, 5.41) is 8.32. The van der Waals surface area contributed by atoms with Gasteiger partial charge in [-0.3, -0.25) is 14.9 Å². The molecule has 0 bridgehead atoms. The largest absolute Gasteiger partial charge is 0.493 e. The van der Waals surface area contributed by atoms with Crippen molar-refractivity contribution in [2.45, 2.75) is 6.54 Å². The summed E-state index contributed by atoms with van der Waals surface area (Å²) >= 11 is 5.25. The molecule has 0 radical (unpaired) electrons. The maximum absolute atomic E-state index is 12.7. The van der Waals surface area contributed by atoms with E-state index in [0.29, 0.717) is 34.3 Å². The third-order valence-corrected chi connectivity index (χ3v) is 4.74. The molecule has 0 saturated carbocycles. The fourth-order valence-electron chi connectivity index (χ4n) is 2.97. The second-order valence-corrected chi connectivity index (χ2v) is 7.07. The molecule has 33 heavy (non-hydrogen) atoms. The summed E-state index contributed by atoms with van der Waals surface area (Å²) in [5.41, 5.74) is 1.22. The Kier molecular flexibility index (Phi) is 7.87. The molecule has 0 saturated heterocycles. The zero-order valence-corrected chi connectivity index (χ0v) is 19.1. The number of rotatable bonds is 8. The number of furan rings is 1. The number of carbonyl (C=O) groups is 2. The zero-order chi connectivity index (χ0) is 23.8. The van der Waals surface area contributed by atoms with Gasteiger partial charge < -0.3 is 29.3 Å². The van der Waals surface area contributed by atoms with E-state index in [1.165, 1.54) is 33.5 Å². The Balaban J connectivity index is 1.64. The fraction of sp³-hybridized carbons (Fsp3) is 0.174. The fourth-order valence-corrected chi connectivity index (χ4v) is 3.18. The van der Waals surface area contributed by atoms with E-state index >= 15 is 0 Å². The summed E-state index contributed by atoms with van der Waals surface area (Å²) in [5.74, 6) is 0.956. The van der Waals surface area contributed by atoms with Crippen LogP contribution >= 0.6 is 12.2 Å². The Hall–Kier alpha value is -4.05. The van der Waals surface area contributed by atoms with Crippen LogP contribution in [-0.4, -0.2) is 38.3 Å². The van der Waals surface area contributed by atoms with Crippen LogP contribution in [0.5, 0.6) is 17.2 Å². The Labute approximate surface area is 196 Å². The Morgan fingerprint density at radius 2 is 1.64 bits per heavy atom. The predicted octanol–water partition coefficient (Wildman–Crippen LogP) is 3.36. The molecule has 10 heteroatoms. The van der Waals surface area contributed by atoms with Crippen LogP contribution in [0.25, 0.3) is 0 Å². The number of amides is 2. The van der Waals surface area contributed by atoms with E-state index in [4.69, 9.17) is 30.8 Å². The number of thiocarbonyl (C=S) groups is 1. The smallest absolute Gasteiger partial charge is 0.257 e. The number of hydrogen-bond donors (Lipinski definition) is 3. The first-order valence-electron chi connectivity index (χ1n) is 9.78. The van der Waals surface area contributed by atoms with Crippen LogP contribution in [0.15, 0.2) is 59.2 Å². The van der Waals surface area contributed by atoms with Crippen molar-refractivity contribution in [3.63, 3.8) is 0 Å². The van der Waals surface area contributed by atoms with E-state index in [1.54, 1.807) is 42.7 Å². The van der Waals surface area contributed by atoms with E-state index in [9.17, 15) is 9.59 Å². The maximum Gasteiger partial charge on any atom is 0.257 e. The van der Waals surface area contributed by atoms with E-state index in [2.05, 4.69) is 16.0 Å². The van der Waals surface area contributed by atoms with Crippen LogP contribution in [0, 0.1) is 0 Å². The second-order valence-electron chi connectivity index (χ2n) is 6.67. The van der Waals surface area contributed by atoms with Gasteiger partial charge in [-0.15, -0.1) is 0 Å². The van der Waals surface area contributed by atoms with Gasteiger partial charge in [0.05, 0.1) is 34.1 Å². The van der Waals surface area contributed by atoms with Crippen molar-refractivity contribution in [3.05, 3.63) is 71.7 Å². The van der Waals surface area contributed by atoms with Gasteiger partial charge in [-0.25, -0.2) is 0 Å². The molecule has 1 aromatic heterocycles. The van der Waals surface area contributed by atoms with Crippen LogP contribution in [0.2, 0.25) is 0 Å². The van der Waals surface area contributed by atoms with Crippen LogP contribution in [0.1, 0.15) is 26.5 Å². The van der Waals surface area contributed by atoms with E-state index in [0.717, 1.165) is 0 Å². The van der Waals surface area contributed by atoms with Gasteiger partial charge in [-0.05, 0) is 54.7 Å². The summed E-state index contributed by atoms with van der Waals surface area (Å²) in [6, 6.07) is 13.3. The predicted molar refractivity (Wildman–Crippen MR) is 126 cm³/mol. The average Bonchev–Trinajstić information content (AvgIpc) is 3.35. The maximum atomic E-state index is 12.7. The molecular weight excluding hydrogens is 446 g/mol. The van der Waals surface area contributed by atoms with Crippen molar-refractivity contribution in [1.82, 2.24) is 10.6 Å². The summed E-state index contributed by atoms with van der Waals surface area (Å²) in [6.45, 7) is 0.271. The molecule has 0 aliphatic heterocycles. The molecule has 3 N–H and O–H groups in total. The first-order chi connectivity index (χ1) is 15.9. The van der Waals surface area contributed by atoms with E-state index in [-0.39, 0.29) is 23.1 Å². The number of ether oxygens (including phenoxy) is 3. The molecule has 3 rings (SSSR count). The minimum Gasteiger partial charge on any atom is -0.493 e. The number of hydrogen-bond acceptors (Lipinski definition) is 7. The Morgan fingerprint density at radius 1 is 0.909 bits per heavy atom. The molecule has 0 unspecified atom stereocenters. The molecule has 172 valence electrons. The molecule has 0 aliphatic rings. The lowest BCUT2D eigenvalue weighted by Gasteiger charge is -2.15. The summed E-state index contributed by atoms with van der Waals surface area (Å²) in [4.78, 5) is 25.1. The summed E-state index contributed by atoms with van der Waals surface area (Å²) in [6.07, 6.45) is 1.54. The monoisotopic (exact) mass is 469 g/mol. The molecule has 2 aromatic carbocycles. The number of benzene rings is 2.